The number of aromatic nitrogens is 3. The van der Waals surface area contributed by atoms with Crippen LogP contribution < -0.4 is 5.32 Å². The summed E-state index contributed by atoms with van der Waals surface area (Å²) in [5.41, 5.74) is 4.22. The van der Waals surface area contributed by atoms with E-state index in [1.807, 2.05) is 50.5 Å². The molecule has 0 atom stereocenters. The number of nitrogens with zero attached hydrogens (tertiary/aromatic N) is 3. The number of fused-ring (bicyclic) bond motifs is 1. The topological polar surface area (TPSA) is 42.7 Å². The average Bonchev–Trinajstić information content (AvgIpc) is 2.76. The molecule has 0 aliphatic carbocycles. The van der Waals surface area contributed by atoms with Crippen LogP contribution in [0.3, 0.4) is 0 Å². The van der Waals surface area contributed by atoms with E-state index in [1.54, 1.807) is 0 Å². The first-order valence-electron chi connectivity index (χ1n) is 6.31. The molecule has 0 radical (unpaired) electrons. The van der Waals surface area contributed by atoms with Gasteiger partial charge in [0.2, 0.25) is 0 Å². The second kappa shape index (κ2) is 4.72. The number of anilines is 1. The van der Waals surface area contributed by atoms with Crippen molar-refractivity contribution in [2.45, 2.75) is 13.5 Å². The zero-order valence-electron chi connectivity index (χ0n) is 11.1. The molecule has 96 valence electrons. The summed E-state index contributed by atoms with van der Waals surface area (Å²) < 4.78 is 2.12. The highest BCUT2D eigenvalue weighted by Gasteiger charge is 2.06. The second-order valence-electron chi connectivity index (χ2n) is 4.62. The predicted molar refractivity (Wildman–Crippen MR) is 77.0 cm³/mol. The smallest absolute Gasteiger partial charge is 0.128 e. The summed E-state index contributed by atoms with van der Waals surface area (Å²) >= 11 is 0. The number of hydrogen-bond acceptors (Lipinski definition) is 3. The van der Waals surface area contributed by atoms with Gasteiger partial charge in [-0.05, 0) is 31.2 Å². The SMILES string of the molecule is Cc1ccc(NCc2nc3ccccc3n2C)cn1. The first-order valence-corrected chi connectivity index (χ1v) is 6.31. The van der Waals surface area contributed by atoms with E-state index in [9.17, 15) is 0 Å². The fourth-order valence-electron chi connectivity index (χ4n) is 2.11. The lowest BCUT2D eigenvalue weighted by molar-refractivity contribution is 0.834. The minimum Gasteiger partial charge on any atom is -0.377 e. The molecule has 0 aliphatic heterocycles. The van der Waals surface area contributed by atoms with Crippen molar-refractivity contribution in [1.82, 2.24) is 14.5 Å². The lowest BCUT2D eigenvalue weighted by atomic mass is 10.3. The molecule has 0 amide bonds. The van der Waals surface area contributed by atoms with Crippen molar-refractivity contribution in [3.8, 4) is 0 Å². The summed E-state index contributed by atoms with van der Waals surface area (Å²) in [7, 11) is 2.04. The van der Waals surface area contributed by atoms with E-state index in [1.165, 1.54) is 0 Å². The number of aryl methyl sites for hydroxylation is 2. The Kier molecular flexibility index (Phi) is 2.91. The lowest BCUT2D eigenvalue weighted by Gasteiger charge is -2.06. The van der Waals surface area contributed by atoms with Crippen LogP contribution in [0.2, 0.25) is 0 Å². The van der Waals surface area contributed by atoms with Gasteiger partial charge in [0.25, 0.3) is 0 Å². The summed E-state index contributed by atoms with van der Waals surface area (Å²) in [6.07, 6.45) is 1.85. The van der Waals surface area contributed by atoms with Gasteiger partial charge < -0.3 is 9.88 Å². The molecular formula is C15H16N4. The van der Waals surface area contributed by atoms with Crippen LogP contribution >= 0.6 is 0 Å². The van der Waals surface area contributed by atoms with Crippen molar-refractivity contribution < 1.29 is 0 Å². The molecule has 1 aromatic carbocycles. The Morgan fingerprint density at radius 2 is 2.00 bits per heavy atom. The normalized spacial score (nSPS) is 10.8. The quantitative estimate of drug-likeness (QED) is 0.779. The summed E-state index contributed by atoms with van der Waals surface area (Å²) in [4.78, 5) is 8.89. The fraction of sp³-hybridized carbons (Fsp3) is 0.200. The number of para-hydroxylation sites is 2. The van der Waals surface area contributed by atoms with Gasteiger partial charge in [-0.25, -0.2) is 4.98 Å². The summed E-state index contributed by atoms with van der Waals surface area (Å²) in [6.45, 7) is 2.67. The molecular weight excluding hydrogens is 236 g/mol. The van der Waals surface area contributed by atoms with Crippen LogP contribution in [0.4, 0.5) is 5.69 Å². The minimum absolute atomic E-state index is 0.690. The molecule has 4 nitrogen and oxygen atoms in total. The van der Waals surface area contributed by atoms with E-state index in [0.29, 0.717) is 6.54 Å². The fourth-order valence-corrected chi connectivity index (χ4v) is 2.11. The van der Waals surface area contributed by atoms with Gasteiger partial charge in [0, 0.05) is 12.7 Å². The first-order chi connectivity index (χ1) is 9.24. The standard InChI is InChI=1S/C15H16N4/c1-11-7-8-12(9-16-11)17-10-15-18-13-5-3-4-6-14(13)19(15)2/h3-9,17H,10H2,1-2H3. The molecule has 19 heavy (non-hydrogen) atoms. The van der Waals surface area contributed by atoms with Gasteiger partial charge in [0.1, 0.15) is 5.82 Å². The van der Waals surface area contributed by atoms with Crippen LogP contribution in [-0.4, -0.2) is 14.5 Å². The Hall–Kier alpha value is -2.36. The maximum atomic E-state index is 4.62. The molecule has 2 heterocycles. The number of imidazole rings is 1. The zero-order chi connectivity index (χ0) is 13.2. The molecule has 3 rings (SSSR count). The molecule has 1 N–H and O–H groups in total. The highest BCUT2D eigenvalue weighted by atomic mass is 15.1. The molecule has 0 spiro atoms. The number of nitrogens with one attached hydrogen (secondary N) is 1. The van der Waals surface area contributed by atoms with Gasteiger partial charge in [-0.1, -0.05) is 12.1 Å². The number of pyridine rings is 1. The molecule has 0 aliphatic rings. The zero-order valence-corrected chi connectivity index (χ0v) is 11.1. The maximum Gasteiger partial charge on any atom is 0.128 e. The highest BCUT2D eigenvalue weighted by Crippen LogP contribution is 2.15. The summed E-state index contributed by atoms with van der Waals surface area (Å²) in [5.74, 6) is 1.02. The van der Waals surface area contributed by atoms with Gasteiger partial charge in [0.05, 0.1) is 29.5 Å². The Labute approximate surface area is 112 Å². The second-order valence-corrected chi connectivity index (χ2v) is 4.62. The minimum atomic E-state index is 0.690. The van der Waals surface area contributed by atoms with E-state index in [0.717, 1.165) is 28.2 Å². The highest BCUT2D eigenvalue weighted by molar-refractivity contribution is 5.75. The molecule has 0 bridgehead atoms. The Bertz CT molecular complexity index is 698. The van der Waals surface area contributed by atoms with Crippen LogP contribution in [0.5, 0.6) is 0 Å². The van der Waals surface area contributed by atoms with Crippen molar-refractivity contribution in [2.75, 3.05) is 5.32 Å². The monoisotopic (exact) mass is 252 g/mol. The third kappa shape index (κ3) is 2.29. The molecule has 2 aromatic heterocycles. The van der Waals surface area contributed by atoms with E-state index in [4.69, 9.17) is 0 Å². The molecule has 0 fully saturated rings. The van der Waals surface area contributed by atoms with Crippen LogP contribution in [0.1, 0.15) is 11.5 Å². The van der Waals surface area contributed by atoms with Crippen molar-refractivity contribution in [3.05, 3.63) is 54.1 Å². The van der Waals surface area contributed by atoms with Gasteiger partial charge >= 0.3 is 0 Å². The number of rotatable bonds is 3. The van der Waals surface area contributed by atoms with E-state index < -0.39 is 0 Å². The van der Waals surface area contributed by atoms with Crippen molar-refractivity contribution >= 4 is 16.7 Å². The van der Waals surface area contributed by atoms with Gasteiger partial charge in [-0.2, -0.15) is 0 Å². The van der Waals surface area contributed by atoms with E-state index in [2.05, 4.69) is 25.9 Å². The third-order valence-corrected chi connectivity index (χ3v) is 3.24. The van der Waals surface area contributed by atoms with Gasteiger partial charge in [0.15, 0.2) is 0 Å². The Morgan fingerprint density at radius 3 is 2.74 bits per heavy atom. The van der Waals surface area contributed by atoms with Gasteiger partial charge in [-0.3, -0.25) is 4.98 Å². The molecule has 0 saturated carbocycles. The van der Waals surface area contributed by atoms with Gasteiger partial charge in [-0.15, -0.1) is 0 Å². The lowest BCUT2D eigenvalue weighted by Crippen LogP contribution is -2.06. The molecule has 0 saturated heterocycles. The van der Waals surface area contributed by atoms with Crippen molar-refractivity contribution in [3.63, 3.8) is 0 Å². The van der Waals surface area contributed by atoms with Crippen LogP contribution in [-0.2, 0) is 13.6 Å². The average molecular weight is 252 g/mol. The van der Waals surface area contributed by atoms with Crippen molar-refractivity contribution in [2.24, 2.45) is 7.05 Å². The Balaban J connectivity index is 1.82. The van der Waals surface area contributed by atoms with Crippen molar-refractivity contribution in [1.29, 1.82) is 0 Å². The largest absolute Gasteiger partial charge is 0.377 e. The van der Waals surface area contributed by atoms with Crippen LogP contribution in [0.25, 0.3) is 11.0 Å². The summed E-state index contributed by atoms with van der Waals surface area (Å²) in [6, 6.07) is 12.2. The predicted octanol–water partition coefficient (Wildman–Crippen LogP) is 2.89. The maximum absolute atomic E-state index is 4.62. The number of benzene rings is 1. The van der Waals surface area contributed by atoms with E-state index in [-0.39, 0.29) is 0 Å². The Morgan fingerprint density at radius 1 is 1.16 bits per heavy atom. The first kappa shape index (κ1) is 11.7. The number of hydrogen-bond donors (Lipinski definition) is 1. The third-order valence-electron chi connectivity index (χ3n) is 3.24. The van der Waals surface area contributed by atoms with Crippen LogP contribution in [0.15, 0.2) is 42.6 Å². The molecule has 3 aromatic rings. The molecule has 4 heteroatoms. The summed E-state index contributed by atoms with van der Waals surface area (Å²) in [5, 5.41) is 3.34. The van der Waals surface area contributed by atoms with Crippen LogP contribution in [0, 0.1) is 6.92 Å². The molecule has 0 unspecified atom stereocenters. The van der Waals surface area contributed by atoms with E-state index >= 15 is 0 Å².